The molecular weight excluding hydrogens is 284 g/mol. The Hall–Kier alpha value is -2.60. The van der Waals surface area contributed by atoms with Crippen LogP contribution >= 0.6 is 11.6 Å². The van der Waals surface area contributed by atoms with Crippen molar-refractivity contribution in [3.63, 3.8) is 0 Å². The molecule has 0 aliphatic rings. The number of carboxylic acid groups (broad SMARTS) is 1. The molecule has 6 nitrogen and oxygen atoms in total. The first-order chi connectivity index (χ1) is 9.47. The molecule has 0 spiro atoms. The van der Waals surface area contributed by atoms with Crippen molar-refractivity contribution in [2.45, 2.75) is 0 Å². The van der Waals surface area contributed by atoms with Crippen molar-refractivity contribution >= 4 is 34.6 Å². The van der Waals surface area contributed by atoms with Crippen LogP contribution in [0.3, 0.4) is 0 Å². The Kier molecular flexibility index (Phi) is 3.86. The van der Waals surface area contributed by atoms with E-state index >= 15 is 0 Å². The largest absolute Gasteiger partial charge is 0.478 e. The highest BCUT2D eigenvalue weighted by molar-refractivity contribution is 6.30. The van der Waals surface area contributed by atoms with E-state index in [0.717, 1.165) is 6.07 Å². The quantitative estimate of drug-likeness (QED) is 0.662. The maximum absolute atomic E-state index is 11.0. The normalized spacial score (nSPS) is 10.1. The number of anilines is 2. The molecule has 0 bridgehead atoms. The van der Waals surface area contributed by atoms with E-state index in [4.69, 9.17) is 16.7 Å². The highest BCUT2D eigenvalue weighted by atomic mass is 35.5. The number of halogens is 1. The summed E-state index contributed by atoms with van der Waals surface area (Å²) in [6.07, 6.45) is 0. The molecule has 0 atom stereocenters. The Labute approximate surface area is 118 Å². The smallest absolute Gasteiger partial charge is 0.335 e. The standard InChI is InChI=1S/C13H9ClN2O4/c14-9-2-1-3-10(7-9)15-11-5-4-8(13(17)18)6-12(11)16(19)20/h1-7,15H,(H,17,18). The lowest BCUT2D eigenvalue weighted by molar-refractivity contribution is -0.383. The Balaban J connectivity index is 2.41. The van der Waals surface area contributed by atoms with Crippen molar-refractivity contribution in [1.29, 1.82) is 0 Å². The third kappa shape index (κ3) is 3.04. The van der Waals surface area contributed by atoms with Crippen molar-refractivity contribution in [2.75, 3.05) is 5.32 Å². The zero-order valence-corrected chi connectivity index (χ0v) is 10.8. The number of carbonyl (C=O) groups is 1. The van der Waals surface area contributed by atoms with Crippen LogP contribution in [-0.2, 0) is 0 Å². The monoisotopic (exact) mass is 292 g/mol. The van der Waals surface area contributed by atoms with Gasteiger partial charge < -0.3 is 10.4 Å². The van der Waals surface area contributed by atoms with Crippen molar-refractivity contribution in [1.82, 2.24) is 0 Å². The number of benzene rings is 2. The molecule has 0 heterocycles. The van der Waals surface area contributed by atoms with Crippen LogP contribution in [0.25, 0.3) is 0 Å². The molecule has 2 aromatic rings. The topological polar surface area (TPSA) is 92.5 Å². The van der Waals surface area contributed by atoms with Gasteiger partial charge in [0.25, 0.3) is 5.69 Å². The second-order valence-corrected chi connectivity index (χ2v) is 4.37. The number of hydrogen-bond donors (Lipinski definition) is 2. The summed E-state index contributed by atoms with van der Waals surface area (Å²) in [5, 5.41) is 23.2. The maximum atomic E-state index is 11.0. The molecule has 0 aliphatic carbocycles. The third-order valence-electron chi connectivity index (χ3n) is 2.55. The molecule has 0 unspecified atom stereocenters. The minimum atomic E-state index is -1.22. The van der Waals surface area contributed by atoms with E-state index in [1.165, 1.54) is 12.1 Å². The lowest BCUT2D eigenvalue weighted by atomic mass is 10.1. The molecule has 0 aromatic heterocycles. The molecule has 0 fully saturated rings. The van der Waals surface area contributed by atoms with Crippen LogP contribution in [0.4, 0.5) is 17.1 Å². The van der Waals surface area contributed by atoms with Gasteiger partial charge in [-0.3, -0.25) is 10.1 Å². The van der Waals surface area contributed by atoms with Crippen LogP contribution in [0.5, 0.6) is 0 Å². The fraction of sp³-hybridized carbons (Fsp3) is 0. The van der Waals surface area contributed by atoms with Gasteiger partial charge in [-0.25, -0.2) is 4.79 Å². The zero-order valence-electron chi connectivity index (χ0n) is 10.0. The molecule has 0 radical (unpaired) electrons. The minimum absolute atomic E-state index is 0.145. The summed E-state index contributed by atoms with van der Waals surface area (Å²) in [5.41, 5.74) is 0.309. The van der Waals surface area contributed by atoms with Gasteiger partial charge in [-0.15, -0.1) is 0 Å². The van der Waals surface area contributed by atoms with Gasteiger partial charge in [-0.2, -0.15) is 0 Å². The molecule has 2 N–H and O–H groups in total. The molecule has 2 rings (SSSR count). The van der Waals surface area contributed by atoms with Gasteiger partial charge in [0.2, 0.25) is 0 Å². The number of nitrogens with zero attached hydrogens (tertiary/aromatic N) is 1. The molecular formula is C13H9ClN2O4. The van der Waals surface area contributed by atoms with Crippen molar-refractivity contribution < 1.29 is 14.8 Å². The van der Waals surface area contributed by atoms with Crippen LogP contribution in [0.2, 0.25) is 5.02 Å². The fourth-order valence-electron chi connectivity index (χ4n) is 1.64. The van der Waals surface area contributed by atoms with Crippen LogP contribution in [0, 0.1) is 10.1 Å². The van der Waals surface area contributed by atoms with Crippen molar-refractivity contribution in [3.8, 4) is 0 Å². The number of hydrogen-bond acceptors (Lipinski definition) is 4. The Morgan fingerprint density at radius 2 is 2.00 bits per heavy atom. The summed E-state index contributed by atoms with van der Waals surface area (Å²) in [6.45, 7) is 0. The predicted octanol–water partition coefficient (Wildman–Crippen LogP) is 3.69. The second-order valence-electron chi connectivity index (χ2n) is 3.93. The zero-order chi connectivity index (χ0) is 14.7. The molecule has 7 heteroatoms. The van der Waals surface area contributed by atoms with E-state index in [1.807, 2.05) is 0 Å². The maximum Gasteiger partial charge on any atom is 0.335 e. The van der Waals surface area contributed by atoms with Gasteiger partial charge in [-0.05, 0) is 30.3 Å². The highest BCUT2D eigenvalue weighted by Gasteiger charge is 2.17. The molecule has 0 aliphatic heterocycles. The van der Waals surface area contributed by atoms with Crippen LogP contribution < -0.4 is 5.32 Å². The summed E-state index contributed by atoms with van der Waals surface area (Å²) in [6, 6.07) is 10.3. The van der Waals surface area contributed by atoms with E-state index in [0.29, 0.717) is 10.7 Å². The lowest BCUT2D eigenvalue weighted by Gasteiger charge is -2.08. The summed E-state index contributed by atoms with van der Waals surface area (Å²) in [4.78, 5) is 21.2. The first kappa shape index (κ1) is 13.8. The molecule has 102 valence electrons. The molecule has 2 aromatic carbocycles. The third-order valence-corrected chi connectivity index (χ3v) is 2.78. The molecule has 0 saturated carbocycles. The van der Waals surface area contributed by atoms with Gasteiger partial charge in [0.1, 0.15) is 5.69 Å². The fourth-order valence-corrected chi connectivity index (χ4v) is 1.83. The first-order valence-corrected chi connectivity index (χ1v) is 5.89. The Bertz CT molecular complexity index is 688. The van der Waals surface area contributed by atoms with Crippen LogP contribution in [0.1, 0.15) is 10.4 Å². The van der Waals surface area contributed by atoms with E-state index in [9.17, 15) is 14.9 Å². The molecule has 20 heavy (non-hydrogen) atoms. The average Bonchev–Trinajstić information content (AvgIpc) is 2.38. The van der Waals surface area contributed by atoms with Crippen LogP contribution in [0.15, 0.2) is 42.5 Å². The van der Waals surface area contributed by atoms with Gasteiger partial charge in [0.15, 0.2) is 0 Å². The number of nitro groups is 1. The lowest BCUT2D eigenvalue weighted by Crippen LogP contribution is -2.01. The summed E-state index contributed by atoms with van der Waals surface area (Å²) in [5.74, 6) is -1.22. The minimum Gasteiger partial charge on any atom is -0.478 e. The van der Waals surface area contributed by atoms with Crippen molar-refractivity contribution in [2.24, 2.45) is 0 Å². The van der Waals surface area contributed by atoms with E-state index < -0.39 is 10.9 Å². The Morgan fingerprint density at radius 1 is 1.25 bits per heavy atom. The SMILES string of the molecule is O=C(O)c1ccc(Nc2cccc(Cl)c2)c([N+](=O)[O-])c1. The average molecular weight is 293 g/mol. The van der Waals surface area contributed by atoms with E-state index in [-0.39, 0.29) is 16.9 Å². The first-order valence-electron chi connectivity index (χ1n) is 5.51. The number of nitrogens with one attached hydrogen (secondary N) is 1. The van der Waals surface area contributed by atoms with Gasteiger partial charge in [0.05, 0.1) is 10.5 Å². The summed E-state index contributed by atoms with van der Waals surface area (Å²) < 4.78 is 0. The number of carboxylic acids is 1. The van der Waals surface area contributed by atoms with Gasteiger partial charge in [0, 0.05) is 16.8 Å². The second kappa shape index (κ2) is 5.58. The van der Waals surface area contributed by atoms with E-state index in [2.05, 4.69) is 5.32 Å². The summed E-state index contributed by atoms with van der Waals surface area (Å²) >= 11 is 5.83. The number of rotatable bonds is 4. The van der Waals surface area contributed by atoms with E-state index in [1.54, 1.807) is 24.3 Å². The predicted molar refractivity (Wildman–Crippen MR) is 74.8 cm³/mol. The number of aromatic carboxylic acids is 1. The number of nitro benzene ring substituents is 1. The molecule has 0 amide bonds. The van der Waals surface area contributed by atoms with Crippen molar-refractivity contribution in [3.05, 3.63) is 63.2 Å². The van der Waals surface area contributed by atoms with Crippen LogP contribution in [-0.4, -0.2) is 16.0 Å². The highest BCUT2D eigenvalue weighted by Crippen LogP contribution is 2.29. The Morgan fingerprint density at radius 3 is 2.60 bits per heavy atom. The summed E-state index contributed by atoms with van der Waals surface area (Å²) in [7, 11) is 0. The van der Waals surface area contributed by atoms with Gasteiger partial charge >= 0.3 is 5.97 Å². The molecule has 0 saturated heterocycles. The van der Waals surface area contributed by atoms with Gasteiger partial charge in [-0.1, -0.05) is 17.7 Å².